The van der Waals surface area contributed by atoms with Gasteiger partial charge in [0, 0.05) is 16.7 Å². The third-order valence-electron chi connectivity index (χ3n) is 1.83. The van der Waals surface area contributed by atoms with E-state index >= 15 is 0 Å². The summed E-state index contributed by atoms with van der Waals surface area (Å²) in [4.78, 5) is 21.5. The molecular formula is C11H10ClNO2. The molecule has 0 aliphatic heterocycles. The predicted octanol–water partition coefficient (Wildman–Crippen LogP) is 2.04. The predicted molar refractivity (Wildman–Crippen MR) is 59.7 cm³/mol. The van der Waals surface area contributed by atoms with Crippen LogP contribution in [0.5, 0.6) is 0 Å². The Bertz CT molecular complexity index is 438. The average Bonchev–Trinajstić information content (AvgIpc) is 2.15. The quantitative estimate of drug-likeness (QED) is 0.630. The molecule has 0 fully saturated rings. The fraction of sp³-hybridized carbons (Fsp3) is 0.0909. The highest BCUT2D eigenvalue weighted by molar-refractivity contribution is 6.32. The maximum absolute atomic E-state index is 11.0. The minimum atomic E-state index is -0.540. The van der Waals surface area contributed by atoms with Crippen LogP contribution in [-0.4, -0.2) is 11.7 Å². The summed E-state index contributed by atoms with van der Waals surface area (Å²) in [6.45, 7) is 1.46. The Morgan fingerprint density at radius 1 is 1.40 bits per heavy atom. The standard InChI is InChI=1S/C11H10ClNO2/c1-7(14)9-3-2-8(10(12)6-9)4-5-11(13)15/h2-6H,1H3,(H2,13,15). The van der Waals surface area contributed by atoms with Gasteiger partial charge in [0.25, 0.3) is 0 Å². The first-order valence-corrected chi connectivity index (χ1v) is 4.66. The first-order valence-electron chi connectivity index (χ1n) is 4.28. The molecule has 3 nitrogen and oxygen atoms in total. The number of rotatable bonds is 3. The van der Waals surface area contributed by atoms with Crippen molar-refractivity contribution in [1.82, 2.24) is 0 Å². The number of hydrogen-bond acceptors (Lipinski definition) is 2. The number of Topliss-reactive ketones (excluding diaryl/α,β-unsaturated/α-hetero) is 1. The molecule has 0 aliphatic carbocycles. The van der Waals surface area contributed by atoms with E-state index in [0.29, 0.717) is 16.1 Å². The SMILES string of the molecule is CC(=O)c1ccc(C=CC(N)=O)c(Cl)c1. The van der Waals surface area contributed by atoms with Gasteiger partial charge in [-0.15, -0.1) is 0 Å². The molecule has 1 amide bonds. The van der Waals surface area contributed by atoms with E-state index in [2.05, 4.69) is 0 Å². The van der Waals surface area contributed by atoms with Crippen molar-refractivity contribution in [1.29, 1.82) is 0 Å². The van der Waals surface area contributed by atoms with Gasteiger partial charge in [0.15, 0.2) is 5.78 Å². The molecule has 78 valence electrons. The van der Waals surface area contributed by atoms with Crippen LogP contribution >= 0.6 is 11.6 Å². The van der Waals surface area contributed by atoms with Crippen molar-refractivity contribution in [2.45, 2.75) is 6.92 Å². The Labute approximate surface area is 92.5 Å². The number of hydrogen-bond donors (Lipinski definition) is 1. The van der Waals surface area contributed by atoms with Gasteiger partial charge in [-0.05, 0) is 24.6 Å². The number of primary amides is 1. The zero-order valence-electron chi connectivity index (χ0n) is 8.16. The molecule has 1 aromatic carbocycles. The summed E-state index contributed by atoms with van der Waals surface area (Å²) in [6, 6.07) is 4.87. The normalized spacial score (nSPS) is 10.5. The number of amides is 1. The van der Waals surface area contributed by atoms with Gasteiger partial charge in [0.2, 0.25) is 5.91 Å². The molecule has 15 heavy (non-hydrogen) atoms. The highest BCUT2D eigenvalue weighted by atomic mass is 35.5. The number of nitrogens with two attached hydrogens (primary N) is 1. The smallest absolute Gasteiger partial charge is 0.241 e. The van der Waals surface area contributed by atoms with Gasteiger partial charge in [-0.3, -0.25) is 9.59 Å². The average molecular weight is 224 g/mol. The molecule has 0 saturated carbocycles. The van der Waals surface area contributed by atoms with Crippen molar-refractivity contribution in [3.8, 4) is 0 Å². The van der Waals surface area contributed by atoms with E-state index < -0.39 is 5.91 Å². The first-order chi connectivity index (χ1) is 7.00. The van der Waals surface area contributed by atoms with E-state index in [4.69, 9.17) is 17.3 Å². The number of carbonyl (C=O) groups excluding carboxylic acids is 2. The number of carbonyl (C=O) groups is 2. The van der Waals surface area contributed by atoms with Crippen LogP contribution in [0, 0.1) is 0 Å². The van der Waals surface area contributed by atoms with Gasteiger partial charge in [-0.25, -0.2) is 0 Å². The van der Waals surface area contributed by atoms with Gasteiger partial charge in [0.1, 0.15) is 0 Å². The van der Waals surface area contributed by atoms with Gasteiger partial charge < -0.3 is 5.73 Å². The van der Waals surface area contributed by atoms with Crippen LogP contribution in [0.25, 0.3) is 6.08 Å². The Kier molecular flexibility index (Phi) is 3.63. The van der Waals surface area contributed by atoms with Crippen LogP contribution in [0.2, 0.25) is 5.02 Å². The van der Waals surface area contributed by atoms with E-state index in [9.17, 15) is 9.59 Å². The maximum Gasteiger partial charge on any atom is 0.241 e. The molecule has 0 saturated heterocycles. The summed E-state index contributed by atoms with van der Waals surface area (Å²) < 4.78 is 0. The van der Waals surface area contributed by atoms with Gasteiger partial charge in [-0.1, -0.05) is 23.7 Å². The summed E-state index contributed by atoms with van der Waals surface area (Å²) in [5.74, 6) is -0.593. The Hall–Kier alpha value is -1.61. The second kappa shape index (κ2) is 4.75. The molecular weight excluding hydrogens is 214 g/mol. The van der Waals surface area contributed by atoms with Crippen molar-refractivity contribution in [3.63, 3.8) is 0 Å². The van der Waals surface area contributed by atoms with Crippen LogP contribution in [0.3, 0.4) is 0 Å². The van der Waals surface area contributed by atoms with Gasteiger partial charge in [-0.2, -0.15) is 0 Å². The van der Waals surface area contributed by atoms with Crippen molar-refractivity contribution in [2.24, 2.45) is 5.73 Å². The molecule has 0 unspecified atom stereocenters. The summed E-state index contributed by atoms with van der Waals surface area (Å²) in [5, 5.41) is 0.417. The lowest BCUT2D eigenvalue weighted by Crippen LogP contribution is -2.05. The van der Waals surface area contributed by atoms with Crippen molar-refractivity contribution < 1.29 is 9.59 Å². The van der Waals surface area contributed by atoms with Gasteiger partial charge in [0.05, 0.1) is 0 Å². The van der Waals surface area contributed by atoms with E-state index in [1.807, 2.05) is 0 Å². The fourth-order valence-corrected chi connectivity index (χ4v) is 1.30. The molecule has 1 rings (SSSR count). The van der Waals surface area contributed by atoms with Crippen LogP contribution < -0.4 is 5.73 Å². The maximum atomic E-state index is 11.0. The Morgan fingerprint density at radius 2 is 2.07 bits per heavy atom. The van der Waals surface area contributed by atoms with Crippen LogP contribution in [0.1, 0.15) is 22.8 Å². The van der Waals surface area contributed by atoms with Gasteiger partial charge >= 0.3 is 0 Å². The molecule has 0 radical (unpaired) electrons. The largest absolute Gasteiger partial charge is 0.366 e. The minimum Gasteiger partial charge on any atom is -0.366 e. The topological polar surface area (TPSA) is 60.2 Å². The second-order valence-electron chi connectivity index (χ2n) is 3.03. The monoisotopic (exact) mass is 223 g/mol. The van der Waals surface area contributed by atoms with Crippen molar-refractivity contribution in [3.05, 3.63) is 40.4 Å². The van der Waals surface area contributed by atoms with E-state index in [0.717, 1.165) is 0 Å². The molecule has 0 spiro atoms. The lowest BCUT2D eigenvalue weighted by molar-refractivity contribution is -0.113. The zero-order chi connectivity index (χ0) is 11.4. The number of halogens is 1. The highest BCUT2D eigenvalue weighted by Crippen LogP contribution is 2.19. The third-order valence-corrected chi connectivity index (χ3v) is 2.16. The number of ketones is 1. The molecule has 4 heteroatoms. The molecule has 0 bridgehead atoms. The Balaban J connectivity index is 3.03. The fourth-order valence-electron chi connectivity index (χ4n) is 1.05. The molecule has 0 heterocycles. The van der Waals surface area contributed by atoms with Crippen LogP contribution in [0.15, 0.2) is 24.3 Å². The summed E-state index contributed by atoms with van der Waals surface area (Å²) in [5.41, 5.74) is 6.14. The molecule has 0 aliphatic rings. The third kappa shape index (κ3) is 3.22. The first kappa shape index (κ1) is 11.5. The lowest BCUT2D eigenvalue weighted by atomic mass is 10.1. The molecule has 2 N–H and O–H groups in total. The zero-order valence-corrected chi connectivity index (χ0v) is 8.91. The summed E-state index contributed by atoms with van der Waals surface area (Å²) >= 11 is 5.90. The van der Waals surface area contributed by atoms with E-state index in [-0.39, 0.29) is 5.78 Å². The van der Waals surface area contributed by atoms with Crippen molar-refractivity contribution >= 4 is 29.4 Å². The van der Waals surface area contributed by atoms with Crippen molar-refractivity contribution in [2.75, 3.05) is 0 Å². The van der Waals surface area contributed by atoms with E-state index in [1.54, 1.807) is 18.2 Å². The molecule has 1 aromatic rings. The van der Waals surface area contributed by atoms with E-state index in [1.165, 1.54) is 19.1 Å². The summed E-state index contributed by atoms with van der Waals surface area (Å²) in [6.07, 6.45) is 2.73. The lowest BCUT2D eigenvalue weighted by Gasteiger charge is -2.00. The molecule has 0 atom stereocenters. The number of benzene rings is 1. The van der Waals surface area contributed by atoms with Crippen LogP contribution in [0.4, 0.5) is 0 Å². The van der Waals surface area contributed by atoms with Crippen LogP contribution in [-0.2, 0) is 4.79 Å². The Morgan fingerprint density at radius 3 is 2.53 bits per heavy atom. The highest BCUT2D eigenvalue weighted by Gasteiger charge is 2.02. The molecule has 0 aromatic heterocycles. The summed E-state index contributed by atoms with van der Waals surface area (Å²) in [7, 11) is 0. The second-order valence-corrected chi connectivity index (χ2v) is 3.44. The minimum absolute atomic E-state index is 0.0534.